The fourth-order valence-electron chi connectivity index (χ4n) is 1.89. The topological polar surface area (TPSA) is 17.3 Å². The van der Waals surface area contributed by atoms with Crippen LogP contribution in [0.2, 0.25) is 0 Å². The van der Waals surface area contributed by atoms with Crippen molar-refractivity contribution in [1.29, 1.82) is 0 Å². The van der Waals surface area contributed by atoms with Crippen LogP contribution >= 0.6 is 0 Å². The molecule has 0 unspecified atom stereocenters. The standard InChI is InChI=1S/C13H16N2/c1-9-10(2)13(15(4)11(9)3)8-12-6-5-7-14-12/h5-8H,1-4H3/b12-8+. The van der Waals surface area contributed by atoms with Crippen LogP contribution in [-0.4, -0.2) is 10.8 Å². The first-order valence-electron chi connectivity index (χ1n) is 5.16. The Morgan fingerprint density at radius 2 is 1.93 bits per heavy atom. The maximum Gasteiger partial charge on any atom is 0.0651 e. The van der Waals surface area contributed by atoms with Gasteiger partial charge in [-0.1, -0.05) is 0 Å². The van der Waals surface area contributed by atoms with E-state index in [0.29, 0.717) is 0 Å². The molecule has 78 valence electrons. The summed E-state index contributed by atoms with van der Waals surface area (Å²) in [7, 11) is 2.10. The number of hydrogen-bond acceptors (Lipinski definition) is 1. The third kappa shape index (κ3) is 1.56. The summed E-state index contributed by atoms with van der Waals surface area (Å²) in [5, 5.41) is 0. The highest BCUT2D eigenvalue weighted by Crippen LogP contribution is 2.23. The van der Waals surface area contributed by atoms with Gasteiger partial charge in [0, 0.05) is 24.7 Å². The van der Waals surface area contributed by atoms with Crippen molar-refractivity contribution in [3.05, 3.63) is 40.4 Å². The molecule has 2 rings (SSSR count). The lowest BCUT2D eigenvalue weighted by Gasteiger charge is -2.01. The van der Waals surface area contributed by atoms with Gasteiger partial charge in [0.2, 0.25) is 0 Å². The Hall–Kier alpha value is -1.57. The number of allylic oxidation sites excluding steroid dienone is 2. The van der Waals surface area contributed by atoms with Gasteiger partial charge in [-0.3, -0.25) is 4.99 Å². The number of nitrogens with zero attached hydrogens (tertiary/aromatic N) is 2. The van der Waals surface area contributed by atoms with Crippen molar-refractivity contribution >= 4 is 12.3 Å². The minimum Gasteiger partial charge on any atom is -0.348 e. The van der Waals surface area contributed by atoms with Crippen LogP contribution < -0.4 is 0 Å². The van der Waals surface area contributed by atoms with Crippen molar-refractivity contribution in [2.45, 2.75) is 20.8 Å². The lowest BCUT2D eigenvalue weighted by atomic mass is 10.1. The van der Waals surface area contributed by atoms with Gasteiger partial charge in [-0.2, -0.15) is 0 Å². The predicted octanol–water partition coefficient (Wildman–Crippen LogP) is 2.93. The smallest absolute Gasteiger partial charge is 0.0651 e. The molecule has 2 nitrogen and oxygen atoms in total. The van der Waals surface area contributed by atoms with E-state index in [1.807, 2.05) is 18.4 Å². The molecule has 1 aromatic rings. The van der Waals surface area contributed by atoms with Crippen molar-refractivity contribution in [3.63, 3.8) is 0 Å². The second-order valence-electron chi connectivity index (χ2n) is 3.99. The Bertz CT molecular complexity index is 446. The second kappa shape index (κ2) is 3.54. The van der Waals surface area contributed by atoms with E-state index >= 15 is 0 Å². The zero-order chi connectivity index (χ0) is 11.0. The van der Waals surface area contributed by atoms with Crippen LogP contribution in [0.1, 0.15) is 22.5 Å². The van der Waals surface area contributed by atoms with E-state index in [1.165, 1.54) is 22.5 Å². The van der Waals surface area contributed by atoms with Crippen molar-refractivity contribution in [2.24, 2.45) is 12.0 Å². The van der Waals surface area contributed by atoms with Gasteiger partial charge in [0.15, 0.2) is 0 Å². The van der Waals surface area contributed by atoms with Crippen LogP contribution in [0.25, 0.3) is 6.08 Å². The summed E-state index contributed by atoms with van der Waals surface area (Å²) in [6.07, 6.45) is 7.94. The summed E-state index contributed by atoms with van der Waals surface area (Å²) in [6.45, 7) is 6.48. The Labute approximate surface area is 90.6 Å². The quantitative estimate of drug-likeness (QED) is 0.663. The SMILES string of the molecule is Cc1c(C)c(/C=C2\C=CC=N2)n(C)c1C. The molecule has 0 aliphatic carbocycles. The maximum atomic E-state index is 4.26. The van der Waals surface area contributed by atoms with E-state index in [2.05, 4.69) is 43.5 Å². The van der Waals surface area contributed by atoms with Gasteiger partial charge in [-0.05, 0) is 50.1 Å². The molecule has 0 bridgehead atoms. The molecule has 0 radical (unpaired) electrons. The summed E-state index contributed by atoms with van der Waals surface area (Å²) >= 11 is 0. The summed E-state index contributed by atoms with van der Waals surface area (Å²) in [5.74, 6) is 0. The summed E-state index contributed by atoms with van der Waals surface area (Å²) in [5.41, 5.74) is 6.32. The molecule has 0 atom stereocenters. The molecule has 1 aliphatic rings. The first kappa shape index (κ1) is 9.97. The monoisotopic (exact) mass is 200 g/mol. The van der Waals surface area contributed by atoms with Gasteiger partial charge >= 0.3 is 0 Å². The van der Waals surface area contributed by atoms with Crippen molar-refractivity contribution in [3.8, 4) is 0 Å². The van der Waals surface area contributed by atoms with E-state index < -0.39 is 0 Å². The first-order chi connectivity index (χ1) is 7.11. The molecule has 2 heteroatoms. The first-order valence-corrected chi connectivity index (χ1v) is 5.16. The van der Waals surface area contributed by atoms with Gasteiger partial charge in [-0.15, -0.1) is 0 Å². The van der Waals surface area contributed by atoms with Gasteiger partial charge < -0.3 is 4.57 Å². The molecular weight excluding hydrogens is 184 g/mol. The predicted molar refractivity (Wildman–Crippen MR) is 65.2 cm³/mol. The maximum absolute atomic E-state index is 4.26. The van der Waals surface area contributed by atoms with Gasteiger partial charge in [0.05, 0.1) is 5.70 Å². The zero-order valence-electron chi connectivity index (χ0n) is 9.70. The highest BCUT2D eigenvalue weighted by molar-refractivity contribution is 5.79. The van der Waals surface area contributed by atoms with Crippen LogP contribution in [-0.2, 0) is 7.05 Å². The van der Waals surface area contributed by atoms with E-state index in [0.717, 1.165) is 5.70 Å². The Morgan fingerprint density at radius 3 is 2.40 bits per heavy atom. The van der Waals surface area contributed by atoms with Gasteiger partial charge in [-0.25, -0.2) is 0 Å². The van der Waals surface area contributed by atoms with Crippen LogP contribution in [0, 0.1) is 20.8 Å². The highest BCUT2D eigenvalue weighted by Gasteiger charge is 2.10. The molecule has 0 aromatic carbocycles. The van der Waals surface area contributed by atoms with E-state index in [9.17, 15) is 0 Å². The van der Waals surface area contributed by atoms with E-state index in [-0.39, 0.29) is 0 Å². The summed E-state index contributed by atoms with van der Waals surface area (Å²) in [4.78, 5) is 4.26. The lowest BCUT2D eigenvalue weighted by molar-refractivity contribution is 0.864. The van der Waals surface area contributed by atoms with Crippen molar-refractivity contribution < 1.29 is 0 Å². The third-order valence-electron chi connectivity index (χ3n) is 3.22. The summed E-state index contributed by atoms with van der Waals surface area (Å²) < 4.78 is 2.22. The molecule has 15 heavy (non-hydrogen) atoms. The number of hydrogen-bond donors (Lipinski definition) is 0. The molecule has 0 saturated carbocycles. The van der Waals surface area contributed by atoms with Crippen molar-refractivity contribution in [2.75, 3.05) is 0 Å². The third-order valence-corrected chi connectivity index (χ3v) is 3.22. The second-order valence-corrected chi connectivity index (χ2v) is 3.99. The van der Waals surface area contributed by atoms with Crippen LogP contribution in [0.5, 0.6) is 0 Å². The number of aliphatic imine (C=N–C) groups is 1. The van der Waals surface area contributed by atoms with Gasteiger partial charge in [0.25, 0.3) is 0 Å². The van der Waals surface area contributed by atoms with E-state index in [4.69, 9.17) is 0 Å². The molecular formula is C13H16N2. The zero-order valence-corrected chi connectivity index (χ0v) is 9.70. The molecule has 1 aliphatic heterocycles. The molecule has 0 N–H and O–H groups in total. The largest absolute Gasteiger partial charge is 0.348 e. The Kier molecular flexibility index (Phi) is 2.35. The molecule has 0 spiro atoms. The molecule has 0 saturated heterocycles. The molecule has 1 aromatic heterocycles. The number of rotatable bonds is 1. The fourth-order valence-corrected chi connectivity index (χ4v) is 1.89. The molecule has 0 amide bonds. The van der Waals surface area contributed by atoms with E-state index in [1.54, 1.807) is 0 Å². The molecule has 2 heterocycles. The Morgan fingerprint density at radius 1 is 1.20 bits per heavy atom. The number of aromatic nitrogens is 1. The summed E-state index contributed by atoms with van der Waals surface area (Å²) in [6, 6.07) is 0. The highest BCUT2D eigenvalue weighted by atomic mass is 15.0. The average Bonchev–Trinajstić information content (AvgIpc) is 2.79. The lowest BCUT2D eigenvalue weighted by Crippen LogP contribution is -1.94. The average molecular weight is 200 g/mol. The molecule has 0 fully saturated rings. The van der Waals surface area contributed by atoms with Crippen LogP contribution in [0.3, 0.4) is 0 Å². The van der Waals surface area contributed by atoms with Crippen molar-refractivity contribution in [1.82, 2.24) is 4.57 Å². The van der Waals surface area contributed by atoms with Crippen LogP contribution in [0.15, 0.2) is 22.8 Å². The van der Waals surface area contributed by atoms with Crippen LogP contribution in [0.4, 0.5) is 0 Å². The van der Waals surface area contributed by atoms with Gasteiger partial charge in [0.1, 0.15) is 0 Å². The minimum atomic E-state index is 1.03. The Balaban J connectivity index is 2.54. The minimum absolute atomic E-state index is 1.03. The fraction of sp³-hybridized carbons (Fsp3) is 0.308. The normalized spacial score (nSPS) is 16.9.